The third kappa shape index (κ3) is 4.70. The standard InChI is InChI=1S/C20H23N3O5/c1-27-16-5-7-17(8-6-16)28-13-10-21-20(24)15-4-9-18(19(14-15)23(25)26)22-11-2-3-12-22/h4-9,14H,2-3,10-13H2,1H3,(H,21,24). The van der Waals surface area contributed by atoms with Gasteiger partial charge in [0.25, 0.3) is 11.6 Å². The quantitative estimate of drug-likeness (QED) is 0.426. The highest BCUT2D eigenvalue weighted by Gasteiger charge is 2.23. The molecule has 1 heterocycles. The minimum atomic E-state index is -0.433. The van der Waals surface area contributed by atoms with E-state index in [4.69, 9.17) is 9.47 Å². The Hall–Kier alpha value is -3.29. The molecule has 0 atom stereocenters. The first-order valence-corrected chi connectivity index (χ1v) is 9.17. The summed E-state index contributed by atoms with van der Waals surface area (Å²) >= 11 is 0. The van der Waals surface area contributed by atoms with E-state index in [2.05, 4.69) is 5.32 Å². The zero-order chi connectivity index (χ0) is 19.9. The SMILES string of the molecule is COc1ccc(OCCNC(=O)c2ccc(N3CCCC3)c([N+](=O)[O-])c2)cc1. The lowest BCUT2D eigenvalue weighted by Gasteiger charge is -2.17. The number of hydrogen-bond acceptors (Lipinski definition) is 6. The zero-order valence-electron chi connectivity index (χ0n) is 15.7. The number of benzene rings is 2. The minimum Gasteiger partial charge on any atom is -0.497 e. The molecule has 0 unspecified atom stereocenters. The van der Waals surface area contributed by atoms with E-state index in [0.29, 0.717) is 11.4 Å². The molecular weight excluding hydrogens is 362 g/mol. The fraction of sp³-hybridized carbons (Fsp3) is 0.350. The number of hydrogen-bond donors (Lipinski definition) is 1. The molecule has 0 bridgehead atoms. The molecule has 148 valence electrons. The first kappa shape index (κ1) is 19.5. The van der Waals surface area contributed by atoms with Crippen molar-refractivity contribution >= 4 is 17.3 Å². The van der Waals surface area contributed by atoms with Crippen LogP contribution < -0.4 is 19.7 Å². The van der Waals surface area contributed by atoms with Crippen LogP contribution in [0.4, 0.5) is 11.4 Å². The van der Waals surface area contributed by atoms with Crippen molar-refractivity contribution in [2.45, 2.75) is 12.8 Å². The van der Waals surface area contributed by atoms with Crippen LogP contribution in [0.15, 0.2) is 42.5 Å². The lowest BCUT2D eigenvalue weighted by Crippen LogP contribution is -2.28. The number of nitrogens with one attached hydrogen (secondary N) is 1. The number of carbonyl (C=O) groups excluding carboxylic acids is 1. The van der Waals surface area contributed by atoms with Gasteiger partial charge in [-0.1, -0.05) is 0 Å². The number of methoxy groups -OCH3 is 1. The van der Waals surface area contributed by atoms with Gasteiger partial charge < -0.3 is 19.7 Å². The predicted molar refractivity (Wildman–Crippen MR) is 105 cm³/mol. The van der Waals surface area contributed by atoms with E-state index in [-0.39, 0.29) is 30.3 Å². The van der Waals surface area contributed by atoms with Crippen LogP contribution in [0.5, 0.6) is 11.5 Å². The first-order chi connectivity index (χ1) is 13.6. The molecule has 8 heteroatoms. The summed E-state index contributed by atoms with van der Waals surface area (Å²) in [5.74, 6) is 1.04. The van der Waals surface area contributed by atoms with E-state index in [1.54, 1.807) is 43.5 Å². The Kier molecular flexibility index (Phi) is 6.31. The summed E-state index contributed by atoms with van der Waals surface area (Å²) in [5, 5.41) is 14.2. The molecule has 2 aromatic rings. The van der Waals surface area contributed by atoms with Crippen molar-refractivity contribution in [1.29, 1.82) is 0 Å². The van der Waals surface area contributed by atoms with Crippen LogP contribution in [-0.4, -0.2) is 44.2 Å². The van der Waals surface area contributed by atoms with Crippen molar-refractivity contribution in [2.75, 3.05) is 38.3 Å². The molecule has 1 fully saturated rings. The van der Waals surface area contributed by atoms with Crippen molar-refractivity contribution in [1.82, 2.24) is 5.32 Å². The summed E-state index contributed by atoms with van der Waals surface area (Å²) in [6, 6.07) is 11.8. The van der Waals surface area contributed by atoms with E-state index in [0.717, 1.165) is 31.7 Å². The number of rotatable bonds is 8. The van der Waals surface area contributed by atoms with Crippen molar-refractivity contribution in [2.24, 2.45) is 0 Å². The van der Waals surface area contributed by atoms with Crippen LogP contribution in [0.1, 0.15) is 23.2 Å². The van der Waals surface area contributed by atoms with Gasteiger partial charge in [0.1, 0.15) is 23.8 Å². The monoisotopic (exact) mass is 385 g/mol. The number of nitro groups is 1. The number of nitro benzene ring substituents is 1. The maximum absolute atomic E-state index is 12.3. The van der Waals surface area contributed by atoms with Crippen molar-refractivity contribution in [3.05, 3.63) is 58.1 Å². The van der Waals surface area contributed by atoms with Gasteiger partial charge in [-0.05, 0) is 49.2 Å². The molecule has 0 saturated carbocycles. The van der Waals surface area contributed by atoms with Gasteiger partial charge >= 0.3 is 0 Å². The second kappa shape index (κ2) is 9.07. The van der Waals surface area contributed by atoms with Crippen molar-refractivity contribution < 1.29 is 19.2 Å². The highest BCUT2D eigenvalue weighted by molar-refractivity contribution is 5.95. The maximum atomic E-state index is 12.3. The predicted octanol–water partition coefficient (Wildman–Crippen LogP) is 3.01. The minimum absolute atomic E-state index is 0.0379. The van der Waals surface area contributed by atoms with Crippen LogP contribution in [-0.2, 0) is 0 Å². The molecule has 1 aliphatic rings. The Bertz CT molecular complexity index is 832. The number of carbonyl (C=O) groups is 1. The second-order valence-corrected chi connectivity index (χ2v) is 6.43. The summed E-state index contributed by atoms with van der Waals surface area (Å²) in [4.78, 5) is 25.3. The average Bonchev–Trinajstić information content (AvgIpc) is 3.25. The van der Waals surface area contributed by atoms with Crippen LogP contribution in [0, 0.1) is 10.1 Å². The Balaban J connectivity index is 1.56. The maximum Gasteiger partial charge on any atom is 0.293 e. The molecule has 1 amide bonds. The third-order valence-electron chi connectivity index (χ3n) is 4.60. The van der Waals surface area contributed by atoms with Crippen molar-refractivity contribution in [3.8, 4) is 11.5 Å². The fourth-order valence-corrected chi connectivity index (χ4v) is 3.14. The molecule has 0 aliphatic carbocycles. The van der Waals surface area contributed by atoms with E-state index in [9.17, 15) is 14.9 Å². The number of nitrogens with zero attached hydrogens (tertiary/aromatic N) is 2. The van der Waals surface area contributed by atoms with E-state index in [1.165, 1.54) is 6.07 Å². The van der Waals surface area contributed by atoms with Gasteiger partial charge in [-0.3, -0.25) is 14.9 Å². The highest BCUT2D eigenvalue weighted by atomic mass is 16.6. The number of amides is 1. The Labute approximate surface area is 163 Å². The molecular formula is C20H23N3O5. The molecule has 28 heavy (non-hydrogen) atoms. The smallest absolute Gasteiger partial charge is 0.293 e. The van der Waals surface area contributed by atoms with E-state index in [1.807, 2.05) is 4.90 Å². The lowest BCUT2D eigenvalue weighted by molar-refractivity contribution is -0.384. The van der Waals surface area contributed by atoms with Crippen LogP contribution in [0.3, 0.4) is 0 Å². The molecule has 1 aliphatic heterocycles. The second-order valence-electron chi connectivity index (χ2n) is 6.43. The molecule has 8 nitrogen and oxygen atoms in total. The normalized spacial score (nSPS) is 13.2. The van der Waals surface area contributed by atoms with E-state index < -0.39 is 4.92 Å². The molecule has 0 spiro atoms. The molecule has 1 saturated heterocycles. The molecule has 3 rings (SSSR count). The Morgan fingerprint density at radius 2 is 1.82 bits per heavy atom. The van der Waals surface area contributed by atoms with Gasteiger partial charge in [-0.2, -0.15) is 0 Å². The first-order valence-electron chi connectivity index (χ1n) is 9.17. The highest BCUT2D eigenvalue weighted by Crippen LogP contribution is 2.31. The van der Waals surface area contributed by atoms with Gasteiger partial charge in [0, 0.05) is 24.7 Å². The van der Waals surface area contributed by atoms with Gasteiger partial charge in [-0.15, -0.1) is 0 Å². The molecule has 2 aromatic carbocycles. The van der Waals surface area contributed by atoms with Crippen molar-refractivity contribution in [3.63, 3.8) is 0 Å². The topological polar surface area (TPSA) is 93.9 Å². The average molecular weight is 385 g/mol. The van der Waals surface area contributed by atoms with Crippen LogP contribution in [0.2, 0.25) is 0 Å². The summed E-state index contributed by atoms with van der Waals surface area (Å²) in [5.41, 5.74) is 0.796. The fourth-order valence-electron chi connectivity index (χ4n) is 3.14. The summed E-state index contributed by atoms with van der Waals surface area (Å²) in [7, 11) is 1.59. The van der Waals surface area contributed by atoms with E-state index >= 15 is 0 Å². The number of anilines is 1. The van der Waals surface area contributed by atoms with Gasteiger partial charge in [0.15, 0.2) is 0 Å². The Morgan fingerprint density at radius 3 is 2.46 bits per heavy atom. The van der Waals surface area contributed by atoms with Gasteiger partial charge in [0.05, 0.1) is 18.6 Å². The molecule has 0 aromatic heterocycles. The number of ether oxygens (including phenoxy) is 2. The zero-order valence-corrected chi connectivity index (χ0v) is 15.7. The summed E-state index contributed by atoms with van der Waals surface area (Å²) in [6.07, 6.45) is 2.04. The Morgan fingerprint density at radius 1 is 1.14 bits per heavy atom. The largest absolute Gasteiger partial charge is 0.497 e. The molecule has 0 radical (unpaired) electrons. The van der Waals surface area contributed by atoms with Crippen LogP contribution >= 0.6 is 0 Å². The van der Waals surface area contributed by atoms with Gasteiger partial charge in [0.2, 0.25) is 0 Å². The summed E-state index contributed by atoms with van der Waals surface area (Å²) in [6.45, 7) is 2.17. The third-order valence-corrected chi connectivity index (χ3v) is 4.60. The van der Waals surface area contributed by atoms with Gasteiger partial charge in [-0.25, -0.2) is 0 Å². The summed E-state index contributed by atoms with van der Waals surface area (Å²) < 4.78 is 10.6. The molecule has 1 N–H and O–H groups in total. The lowest BCUT2D eigenvalue weighted by atomic mass is 10.1. The van der Waals surface area contributed by atoms with Crippen LogP contribution in [0.25, 0.3) is 0 Å².